The Kier molecular flexibility index (Phi) is 3.07. The van der Waals surface area contributed by atoms with Crippen molar-refractivity contribution >= 4 is 23.0 Å². The van der Waals surface area contributed by atoms with Crippen molar-refractivity contribution in [3.8, 4) is 6.07 Å². The van der Waals surface area contributed by atoms with Gasteiger partial charge >= 0.3 is 0 Å². The van der Waals surface area contributed by atoms with E-state index >= 15 is 0 Å². The number of allylic oxidation sites excluding steroid dienone is 1. The van der Waals surface area contributed by atoms with E-state index in [1.807, 2.05) is 33.0 Å². The van der Waals surface area contributed by atoms with Gasteiger partial charge in [-0.05, 0) is 26.0 Å². The molecule has 2 rings (SSSR count). The number of nitrogens with zero attached hydrogens (tertiary/aromatic N) is 4. The molecule has 17 heavy (non-hydrogen) atoms. The fourth-order valence-electron chi connectivity index (χ4n) is 1.40. The van der Waals surface area contributed by atoms with Crippen molar-refractivity contribution in [1.29, 1.82) is 5.26 Å². The van der Waals surface area contributed by atoms with E-state index in [1.165, 1.54) is 0 Å². The maximum absolute atomic E-state index is 9.19. The number of hydrogen-bond donors (Lipinski definition) is 0. The standard InChI is InChI=1S/C12H12N4S/c1-8-9(2)17-12(15-8)10(7-13)6-11-4-5-14-16(11)3/h4-6H,1-3H3/b10-6+. The first-order valence-electron chi connectivity index (χ1n) is 5.16. The van der Waals surface area contributed by atoms with E-state index < -0.39 is 0 Å². The smallest absolute Gasteiger partial charge is 0.134 e. The summed E-state index contributed by atoms with van der Waals surface area (Å²) in [6.07, 6.45) is 3.52. The topological polar surface area (TPSA) is 54.5 Å². The third kappa shape index (κ3) is 2.27. The number of hydrogen-bond acceptors (Lipinski definition) is 4. The zero-order chi connectivity index (χ0) is 12.4. The average molecular weight is 244 g/mol. The summed E-state index contributed by atoms with van der Waals surface area (Å²) in [7, 11) is 1.85. The molecule has 0 aliphatic heterocycles. The summed E-state index contributed by atoms with van der Waals surface area (Å²) in [5.74, 6) is 0. The first-order chi connectivity index (χ1) is 8.11. The number of nitriles is 1. The molecular formula is C12H12N4S. The molecular weight excluding hydrogens is 232 g/mol. The fraction of sp³-hybridized carbons (Fsp3) is 0.250. The van der Waals surface area contributed by atoms with Crippen molar-refractivity contribution in [1.82, 2.24) is 14.8 Å². The number of rotatable bonds is 2. The van der Waals surface area contributed by atoms with Crippen molar-refractivity contribution in [3.05, 3.63) is 33.5 Å². The van der Waals surface area contributed by atoms with Crippen molar-refractivity contribution in [2.45, 2.75) is 13.8 Å². The molecule has 0 N–H and O–H groups in total. The van der Waals surface area contributed by atoms with Crippen LogP contribution in [0, 0.1) is 25.2 Å². The Balaban J connectivity index is 2.45. The largest absolute Gasteiger partial charge is 0.269 e. The van der Waals surface area contributed by atoms with Crippen molar-refractivity contribution < 1.29 is 0 Å². The molecule has 2 aromatic rings. The minimum atomic E-state index is 0.579. The molecule has 0 amide bonds. The van der Waals surface area contributed by atoms with Crippen molar-refractivity contribution in [3.63, 3.8) is 0 Å². The molecule has 2 aromatic heterocycles. The van der Waals surface area contributed by atoms with Crippen LogP contribution in [0.4, 0.5) is 0 Å². The Bertz CT molecular complexity index is 593. The molecule has 0 saturated carbocycles. The minimum Gasteiger partial charge on any atom is -0.269 e. The highest BCUT2D eigenvalue weighted by Crippen LogP contribution is 2.24. The van der Waals surface area contributed by atoms with E-state index in [-0.39, 0.29) is 0 Å². The Morgan fingerprint density at radius 2 is 2.29 bits per heavy atom. The first-order valence-corrected chi connectivity index (χ1v) is 5.97. The third-order valence-corrected chi connectivity index (χ3v) is 3.64. The zero-order valence-corrected chi connectivity index (χ0v) is 10.7. The van der Waals surface area contributed by atoms with Crippen LogP contribution in [0.15, 0.2) is 12.3 Å². The van der Waals surface area contributed by atoms with Gasteiger partial charge in [0.15, 0.2) is 0 Å². The van der Waals surface area contributed by atoms with Crippen molar-refractivity contribution in [2.24, 2.45) is 7.05 Å². The third-order valence-electron chi connectivity index (χ3n) is 2.53. The normalized spacial score (nSPS) is 11.5. The van der Waals surface area contributed by atoms with Gasteiger partial charge in [-0.3, -0.25) is 4.68 Å². The van der Waals surface area contributed by atoms with Crippen LogP contribution in [-0.2, 0) is 7.05 Å². The lowest BCUT2D eigenvalue weighted by Gasteiger charge is -1.95. The molecule has 0 aromatic carbocycles. The van der Waals surface area contributed by atoms with Crippen LogP contribution in [-0.4, -0.2) is 14.8 Å². The van der Waals surface area contributed by atoms with Gasteiger partial charge in [0.05, 0.1) is 17.0 Å². The van der Waals surface area contributed by atoms with Gasteiger partial charge in [0.25, 0.3) is 0 Å². The molecule has 5 heteroatoms. The van der Waals surface area contributed by atoms with Crippen LogP contribution >= 0.6 is 11.3 Å². The Hall–Kier alpha value is -1.93. The van der Waals surface area contributed by atoms with Gasteiger partial charge in [-0.1, -0.05) is 0 Å². The highest BCUT2D eigenvalue weighted by atomic mass is 32.1. The maximum atomic E-state index is 9.19. The summed E-state index contributed by atoms with van der Waals surface area (Å²) in [5, 5.41) is 14.0. The van der Waals surface area contributed by atoms with E-state index in [0.717, 1.165) is 21.3 Å². The zero-order valence-electron chi connectivity index (χ0n) is 9.93. The number of aryl methyl sites for hydroxylation is 3. The molecule has 4 nitrogen and oxygen atoms in total. The van der Waals surface area contributed by atoms with E-state index in [4.69, 9.17) is 0 Å². The highest BCUT2D eigenvalue weighted by Gasteiger charge is 2.09. The molecule has 86 valence electrons. The number of thiazole rings is 1. The molecule has 0 bridgehead atoms. The lowest BCUT2D eigenvalue weighted by Crippen LogP contribution is -1.93. The second-order valence-electron chi connectivity index (χ2n) is 3.71. The monoisotopic (exact) mass is 244 g/mol. The van der Waals surface area contributed by atoms with Gasteiger partial charge in [0.2, 0.25) is 0 Å². The summed E-state index contributed by atoms with van der Waals surface area (Å²) in [6, 6.07) is 4.06. The van der Waals surface area contributed by atoms with Gasteiger partial charge in [-0.25, -0.2) is 4.98 Å². The number of aromatic nitrogens is 3. The first kappa shape index (κ1) is 11.6. The van der Waals surface area contributed by atoms with Gasteiger partial charge in [0.1, 0.15) is 11.1 Å². The summed E-state index contributed by atoms with van der Waals surface area (Å²) in [4.78, 5) is 5.53. The molecule has 0 aliphatic carbocycles. The molecule has 0 spiro atoms. The van der Waals surface area contributed by atoms with Crippen LogP contribution in [0.25, 0.3) is 11.6 Å². The van der Waals surface area contributed by atoms with Gasteiger partial charge in [-0.15, -0.1) is 11.3 Å². The Morgan fingerprint density at radius 3 is 2.76 bits per heavy atom. The Morgan fingerprint density at radius 1 is 1.53 bits per heavy atom. The molecule has 0 fully saturated rings. The highest BCUT2D eigenvalue weighted by molar-refractivity contribution is 7.12. The van der Waals surface area contributed by atoms with Crippen LogP contribution in [0.2, 0.25) is 0 Å². The maximum Gasteiger partial charge on any atom is 0.134 e. The van der Waals surface area contributed by atoms with Crippen LogP contribution in [0.5, 0.6) is 0 Å². The minimum absolute atomic E-state index is 0.579. The van der Waals surface area contributed by atoms with E-state index in [9.17, 15) is 5.26 Å². The van der Waals surface area contributed by atoms with Crippen LogP contribution < -0.4 is 0 Å². The second kappa shape index (κ2) is 4.52. The predicted octanol–water partition coefficient (Wildman–Crippen LogP) is 2.56. The van der Waals surface area contributed by atoms with Gasteiger partial charge in [-0.2, -0.15) is 10.4 Å². The van der Waals surface area contributed by atoms with E-state index in [0.29, 0.717) is 5.57 Å². The van der Waals surface area contributed by atoms with Crippen LogP contribution in [0.3, 0.4) is 0 Å². The lowest BCUT2D eigenvalue weighted by molar-refractivity contribution is 0.760. The van der Waals surface area contributed by atoms with E-state index in [1.54, 1.807) is 22.2 Å². The summed E-state index contributed by atoms with van der Waals surface area (Å²) < 4.78 is 1.73. The average Bonchev–Trinajstić information content (AvgIpc) is 2.83. The second-order valence-corrected chi connectivity index (χ2v) is 4.91. The van der Waals surface area contributed by atoms with Crippen LogP contribution in [0.1, 0.15) is 21.3 Å². The summed E-state index contributed by atoms with van der Waals surface area (Å²) >= 11 is 1.54. The lowest BCUT2D eigenvalue weighted by atomic mass is 10.2. The quantitative estimate of drug-likeness (QED) is 0.763. The van der Waals surface area contributed by atoms with Gasteiger partial charge < -0.3 is 0 Å². The van der Waals surface area contributed by atoms with E-state index in [2.05, 4.69) is 16.2 Å². The molecule has 0 unspecified atom stereocenters. The molecule has 0 radical (unpaired) electrons. The molecule has 0 aliphatic rings. The summed E-state index contributed by atoms with van der Waals surface area (Å²) in [5.41, 5.74) is 2.46. The summed E-state index contributed by atoms with van der Waals surface area (Å²) in [6.45, 7) is 3.96. The van der Waals surface area contributed by atoms with Crippen molar-refractivity contribution in [2.75, 3.05) is 0 Å². The Labute approximate surface area is 104 Å². The fourth-order valence-corrected chi connectivity index (χ4v) is 2.28. The SMILES string of the molecule is Cc1nc(/C(C#N)=C/c2ccnn2C)sc1C. The molecule has 2 heterocycles. The predicted molar refractivity (Wildman–Crippen MR) is 68.3 cm³/mol. The van der Waals surface area contributed by atoms with Gasteiger partial charge in [0, 0.05) is 18.1 Å². The molecule has 0 atom stereocenters. The molecule has 0 saturated heterocycles.